The van der Waals surface area contributed by atoms with Crippen LogP contribution in [-0.4, -0.2) is 31.3 Å². The van der Waals surface area contributed by atoms with E-state index in [1.165, 1.54) is 44.7 Å². The predicted molar refractivity (Wildman–Crippen MR) is 92.7 cm³/mol. The SMILES string of the molecule is COc1ccc(/C=N/NC(=O)c2ccc([N+](=O)[O-])cc2)c(Cl)c1OC. The Balaban J connectivity index is 2.10. The van der Waals surface area contributed by atoms with Gasteiger partial charge in [-0.2, -0.15) is 5.10 Å². The second-order valence-corrected chi connectivity index (χ2v) is 5.09. The summed E-state index contributed by atoms with van der Waals surface area (Å²) >= 11 is 6.20. The van der Waals surface area contributed by atoms with Crippen LogP contribution in [0.1, 0.15) is 15.9 Å². The molecule has 0 saturated heterocycles. The molecule has 0 saturated carbocycles. The standard InChI is InChI=1S/C16H14ClN3O5/c1-24-13-8-5-11(14(17)15(13)25-2)9-18-19-16(21)10-3-6-12(7-4-10)20(22)23/h3-9H,1-2H3,(H,19,21)/b18-9+. The zero-order chi connectivity index (χ0) is 18.4. The average Bonchev–Trinajstić information content (AvgIpc) is 2.62. The molecule has 0 radical (unpaired) electrons. The van der Waals surface area contributed by atoms with Crippen molar-refractivity contribution >= 4 is 29.4 Å². The number of methoxy groups -OCH3 is 2. The number of hydrazone groups is 1. The summed E-state index contributed by atoms with van der Waals surface area (Å²) in [6, 6.07) is 8.47. The van der Waals surface area contributed by atoms with Crippen LogP contribution in [0.2, 0.25) is 5.02 Å². The van der Waals surface area contributed by atoms with Crippen LogP contribution in [0.3, 0.4) is 0 Å². The number of ether oxygens (including phenoxy) is 2. The molecule has 0 aliphatic rings. The molecule has 130 valence electrons. The maximum Gasteiger partial charge on any atom is 0.271 e. The number of nitrogens with one attached hydrogen (secondary N) is 1. The summed E-state index contributed by atoms with van der Waals surface area (Å²) in [7, 11) is 2.95. The number of non-ortho nitro benzene ring substituents is 1. The van der Waals surface area contributed by atoms with E-state index >= 15 is 0 Å². The number of hydrogen-bond donors (Lipinski definition) is 1. The van der Waals surface area contributed by atoms with Crippen molar-refractivity contribution in [3.63, 3.8) is 0 Å². The van der Waals surface area contributed by atoms with Crippen LogP contribution in [0.5, 0.6) is 11.5 Å². The maximum absolute atomic E-state index is 12.0. The Labute approximate surface area is 148 Å². The van der Waals surface area contributed by atoms with Crippen LogP contribution in [0, 0.1) is 10.1 Å². The molecule has 0 bridgehead atoms. The summed E-state index contributed by atoms with van der Waals surface area (Å²) < 4.78 is 10.3. The van der Waals surface area contributed by atoms with Gasteiger partial charge in [0.1, 0.15) is 0 Å². The Bertz CT molecular complexity index is 821. The highest BCUT2D eigenvalue weighted by molar-refractivity contribution is 6.34. The second kappa shape index (κ2) is 8.11. The number of nitro groups is 1. The zero-order valence-corrected chi connectivity index (χ0v) is 14.1. The minimum absolute atomic E-state index is 0.0999. The molecule has 0 fully saturated rings. The number of rotatable bonds is 6. The third-order valence-electron chi connectivity index (χ3n) is 3.22. The summed E-state index contributed by atoms with van der Waals surface area (Å²) in [6.45, 7) is 0. The monoisotopic (exact) mass is 363 g/mol. The highest BCUT2D eigenvalue weighted by atomic mass is 35.5. The van der Waals surface area contributed by atoms with Crippen molar-refractivity contribution in [3.05, 3.63) is 62.7 Å². The van der Waals surface area contributed by atoms with E-state index in [0.29, 0.717) is 17.1 Å². The van der Waals surface area contributed by atoms with Crippen molar-refractivity contribution in [2.45, 2.75) is 0 Å². The molecule has 0 unspecified atom stereocenters. The van der Waals surface area contributed by atoms with E-state index in [1.54, 1.807) is 12.1 Å². The predicted octanol–water partition coefficient (Wildman–Crippen LogP) is 3.03. The number of benzene rings is 2. The fourth-order valence-corrected chi connectivity index (χ4v) is 2.25. The molecule has 0 aromatic heterocycles. The Kier molecular flexibility index (Phi) is 5.91. The number of amides is 1. The van der Waals surface area contributed by atoms with Gasteiger partial charge in [0.05, 0.1) is 30.4 Å². The van der Waals surface area contributed by atoms with Crippen LogP contribution in [0.4, 0.5) is 5.69 Å². The van der Waals surface area contributed by atoms with E-state index in [0.717, 1.165) is 0 Å². The summed E-state index contributed by atoms with van der Waals surface area (Å²) in [5.74, 6) is 0.317. The van der Waals surface area contributed by atoms with E-state index in [-0.39, 0.29) is 16.3 Å². The molecular weight excluding hydrogens is 350 g/mol. The molecular formula is C16H14ClN3O5. The Morgan fingerprint density at radius 3 is 2.44 bits per heavy atom. The van der Waals surface area contributed by atoms with Gasteiger partial charge in [-0.3, -0.25) is 14.9 Å². The molecule has 2 aromatic carbocycles. The van der Waals surface area contributed by atoms with Crippen molar-refractivity contribution in [1.82, 2.24) is 5.43 Å². The highest BCUT2D eigenvalue weighted by Crippen LogP contribution is 2.36. The molecule has 8 nitrogen and oxygen atoms in total. The molecule has 2 rings (SSSR count). The average molecular weight is 364 g/mol. The van der Waals surface area contributed by atoms with Crippen molar-refractivity contribution in [2.24, 2.45) is 5.10 Å². The van der Waals surface area contributed by atoms with Gasteiger partial charge in [-0.15, -0.1) is 0 Å². The van der Waals surface area contributed by atoms with Gasteiger partial charge in [0.2, 0.25) is 0 Å². The molecule has 2 aromatic rings. The van der Waals surface area contributed by atoms with Crippen molar-refractivity contribution in [1.29, 1.82) is 0 Å². The van der Waals surface area contributed by atoms with E-state index in [9.17, 15) is 14.9 Å². The fraction of sp³-hybridized carbons (Fsp3) is 0.125. The van der Waals surface area contributed by atoms with Gasteiger partial charge >= 0.3 is 0 Å². The molecule has 0 heterocycles. The van der Waals surface area contributed by atoms with Crippen molar-refractivity contribution < 1.29 is 19.2 Å². The topological polar surface area (TPSA) is 103 Å². The van der Waals surface area contributed by atoms with E-state index in [2.05, 4.69) is 10.5 Å². The maximum atomic E-state index is 12.0. The number of carbonyl (C=O) groups is 1. The normalized spacial score (nSPS) is 10.5. The first-order valence-corrected chi connectivity index (χ1v) is 7.34. The molecule has 25 heavy (non-hydrogen) atoms. The number of hydrogen-bond acceptors (Lipinski definition) is 6. The van der Waals surface area contributed by atoms with Gasteiger partial charge in [-0.25, -0.2) is 5.43 Å². The van der Waals surface area contributed by atoms with E-state index in [1.807, 2.05) is 0 Å². The first kappa shape index (κ1) is 18.2. The highest BCUT2D eigenvalue weighted by Gasteiger charge is 2.12. The Morgan fingerprint density at radius 2 is 1.88 bits per heavy atom. The zero-order valence-electron chi connectivity index (χ0n) is 13.4. The fourth-order valence-electron chi connectivity index (χ4n) is 1.96. The smallest absolute Gasteiger partial charge is 0.271 e. The Hall–Kier alpha value is -3.13. The summed E-state index contributed by atoms with van der Waals surface area (Å²) in [5.41, 5.74) is 2.97. The second-order valence-electron chi connectivity index (χ2n) is 4.71. The Morgan fingerprint density at radius 1 is 1.20 bits per heavy atom. The lowest BCUT2D eigenvalue weighted by atomic mass is 10.2. The molecule has 0 spiro atoms. The van der Waals surface area contributed by atoms with Gasteiger partial charge < -0.3 is 9.47 Å². The van der Waals surface area contributed by atoms with Gasteiger partial charge in [0.15, 0.2) is 11.5 Å². The molecule has 0 aliphatic heterocycles. The van der Waals surface area contributed by atoms with Gasteiger partial charge in [-0.1, -0.05) is 11.6 Å². The summed E-state index contributed by atoms with van der Waals surface area (Å²) in [6.07, 6.45) is 1.35. The van der Waals surface area contributed by atoms with E-state index in [4.69, 9.17) is 21.1 Å². The first-order chi connectivity index (χ1) is 12.0. The molecule has 1 amide bonds. The minimum atomic E-state index is -0.543. The summed E-state index contributed by atoms with van der Waals surface area (Å²) in [4.78, 5) is 22.0. The molecule has 9 heteroatoms. The lowest BCUT2D eigenvalue weighted by molar-refractivity contribution is -0.384. The minimum Gasteiger partial charge on any atom is -0.493 e. The van der Waals surface area contributed by atoms with Gasteiger partial charge in [0.25, 0.3) is 11.6 Å². The third kappa shape index (κ3) is 4.24. The molecule has 0 aliphatic carbocycles. The van der Waals surface area contributed by atoms with Crippen LogP contribution >= 0.6 is 11.6 Å². The van der Waals surface area contributed by atoms with Crippen LogP contribution in [0.15, 0.2) is 41.5 Å². The quantitative estimate of drug-likeness (QED) is 0.482. The molecule has 0 atom stereocenters. The summed E-state index contributed by atoms with van der Waals surface area (Å²) in [5, 5.41) is 14.7. The van der Waals surface area contributed by atoms with Crippen molar-refractivity contribution in [3.8, 4) is 11.5 Å². The number of nitrogens with zero attached hydrogens (tertiary/aromatic N) is 2. The van der Waals surface area contributed by atoms with Crippen LogP contribution in [0.25, 0.3) is 0 Å². The van der Waals surface area contributed by atoms with Gasteiger partial charge in [0, 0.05) is 23.3 Å². The molecule has 1 N–H and O–H groups in total. The van der Waals surface area contributed by atoms with Gasteiger partial charge in [-0.05, 0) is 24.3 Å². The van der Waals surface area contributed by atoms with E-state index < -0.39 is 10.8 Å². The lowest BCUT2D eigenvalue weighted by Gasteiger charge is -2.10. The van der Waals surface area contributed by atoms with Crippen molar-refractivity contribution in [2.75, 3.05) is 14.2 Å². The van der Waals surface area contributed by atoms with Crippen LogP contribution < -0.4 is 14.9 Å². The third-order valence-corrected chi connectivity index (χ3v) is 3.61. The first-order valence-electron chi connectivity index (χ1n) is 6.96. The number of halogens is 1. The largest absolute Gasteiger partial charge is 0.493 e. The number of nitro benzene ring substituents is 1. The lowest BCUT2D eigenvalue weighted by Crippen LogP contribution is -2.17. The number of carbonyl (C=O) groups excluding carboxylic acids is 1. The van der Waals surface area contributed by atoms with Crippen LogP contribution in [-0.2, 0) is 0 Å².